The summed E-state index contributed by atoms with van der Waals surface area (Å²) in [6.07, 6.45) is -3.98. The lowest BCUT2D eigenvalue weighted by Gasteiger charge is -2.17. The number of carbonyl (C=O) groups is 2. The Morgan fingerprint density at radius 2 is 1.58 bits per heavy atom. The van der Waals surface area contributed by atoms with Crippen LogP contribution in [0.2, 0.25) is 0 Å². The number of alkyl halides is 3. The molecule has 8 nitrogen and oxygen atoms in total. The molecule has 2 amide bonds. The summed E-state index contributed by atoms with van der Waals surface area (Å²) in [5, 5.41) is 4.79. The van der Waals surface area contributed by atoms with E-state index < -0.39 is 52.6 Å². The number of aromatic nitrogens is 1. The van der Waals surface area contributed by atoms with E-state index in [0.29, 0.717) is 6.07 Å². The second-order valence-electron chi connectivity index (χ2n) is 7.09. The van der Waals surface area contributed by atoms with Gasteiger partial charge in [-0.15, -0.1) is 13.2 Å². The molecule has 0 spiro atoms. The van der Waals surface area contributed by atoms with Crippen molar-refractivity contribution in [2.24, 2.45) is 0 Å². The molecule has 0 bridgehead atoms. The summed E-state index contributed by atoms with van der Waals surface area (Å²) in [5.74, 6) is -6.68. The number of halogens is 5. The van der Waals surface area contributed by atoms with Crippen molar-refractivity contribution >= 4 is 17.5 Å². The van der Waals surface area contributed by atoms with Crippen LogP contribution in [0, 0.1) is 18.6 Å². The molecule has 0 aliphatic carbocycles. The van der Waals surface area contributed by atoms with Crippen molar-refractivity contribution < 1.29 is 45.8 Å². The minimum atomic E-state index is -5.16. The SMILES string of the molecule is CNC(=O)c1ccc(NC(=O)c2c(Oc3ccc(OC(F)(F)F)c(F)c3OC)ccc(C)c2F)cn1. The van der Waals surface area contributed by atoms with Crippen molar-refractivity contribution in [3.05, 3.63) is 71.1 Å². The lowest BCUT2D eigenvalue weighted by Crippen LogP contribution is -2.20. The number of hydrogen-bond acceptors (Lipinski definition) is 6. The molecule has 0 atom stereocenters. The van der Waals surface area contributed by atoms with Crippen LogP contribution in [0.3, 0.4) is 0 Å². The van der Waals surface area contributed by atoms with Crippen LogP contribution in [0.25, 0.3) is 0 Å². The van der Waals surface area contributed by atoms with Crippen LogP contribution in [-0.4, -0.2) is 37.3 Å². The molecule has 2 N–H and O–H groups in total. The largest absolute Gasteiger partial charge is 0.573 e. The Morgan fingerprint density at radius 3 is 2.17 bits per heavy atom. The van der Waals surface area contributed by atoms with Gasteiger partial charge in [0.25, 0.3) is 11.8 Å². The number of amides is 2. The van der Waals surface area contributed by atoms with E-state index in [0.717, 1.165) is 13.2 Å². The zero-order valence-electron chi connectivity index (χ0n) is 18.9. The monoisotopic (exact) mass is 511 g/mol. The first-order valence-corrected chi connectivity index (χ1v) is 10.0. The van der Waals surface area contributed by atoms with Gasteiger partial charge in [-0.3, -0.25) is 9.59 Å². The normalized spacial score (nSPS) is 11.0. The number of hydrogen-bond donors (Lipinski definition) is 2. The van der Waals surface area contributed by atoms with Gasteiger partial charge in [0.15, 0.2) is 11.5 Å². The van der Waals surface area contributed by atoms with Crippen molar-refractivity contribution in [2.45, 2.75) is 13.3 Å². The molecule has 0 radical (unpaired) electrons. The van der Waals surface area contributed by atoms with E-state index in [1.807, 2.05) is 0 Å². The highest BCUT2D eigenvalue weighted by Gasteiger charge is 2.34. The fraction of sp³-hybridized carbons (Fsp3) is 0.174. The van der Waals surface area contributed by atoms with Crippen LogP contribution in [0.5, 0.6) is 23.0 Å². The molecule has 36 heavy (non-hydrogen) atoms. The summed E-state index contributed by atoms with van der Waals surface area (Å²) in [7, 11) is 2.39. The molecule has 0 saturated heterocycles. The predicted molar refractivity (Wildman–Crippen MR) is 116 cm³/mol. The molecule has 0 aliphatic rings. The van der Waals surface area contributed by atoms with Gasteiger partial charge in [-0.1, -0.05) is 6.07 Å². The third kappa shape index (κ3) is 5.79. The van der Waals surface area contributed by atoms with Crippen molar-refractivity contribution in [1.29, 1.82) is 0 Å². The van der Waals surface area contributed by atoms with E-state index in [2.05, 4.69) is 20.4 Å². The molecule has 13 heteroatoms. The van der Waals surface area contributed by atoms with E-state index in [9.17, 15) is 31.5 Å². The third-order valence-electron chi connectivity index (χ3n) is 4.68. The fourth-order valence-corrected chi connectivity index (χ4v) is 3.00. The summed E-state index contributed by atoms with van der Waals surface area (Å²) in [6, 6.07) is 6.75. The van der Waals surface area contributed by atoms with Crippen molar-refractivity contribution in [3.8, 4) is 23.0 Å². The maximum Gasteiger partial charge on any atom is 0.573 e. The number of nitrogens with one attached hydrogen (secondary N) is 2. The topological polar surface area (TPSA) is 98.8 Å². The van der Waals surface area contributed by atoms with Gasteiger partial charge in [0.1, 0.15) is 22.8 Å². The molecule has 2 aromatic carbocycles. The standard InChI is InChI=1S/C23H18F5N3O5/c1-11-4-7-14(35-16-9-8-15(36-23(26,27)28)19(25)20(16)34-3)17(18(11)24)22(33)31-12-5-6-13(30-10-12)21(32)29-2/h4-10H,1-3H3,(H,29,32)(H,31,33). The van der Waals surface area contributed by atoms with Crippen LogP contribution in [0.4, 0.5) is 27.6 Å². The van der Waals surface area contributed by atoms with Crippen LogP contribution in [0.1, 0.15) is 26.4 Å². The Morgan fingerprint density at radius 1 is 0.917 bits per heavy atom. The fourth-order valence-electron chi connectivity index (χ4n) is 3.00. The van der Waals surface area contributed by atoms with Crippen LogP contribution < -0.4 is 24.8 Å². The molecule has 190 valence electrons. The van der Waals surface area contributed by atoms with Crippen molar-refractivity contribution in [3.63, 3.8) is 0 Å². The number of pyridine rings is 1. The van der Waals surface area contributed by atoms with Gasteiger partial charge in [-0.05, 0) is 42.8 Å². The number of aryl methyl sites for hydroxylation is 1. The average Bonchev–Trinajstić information content (AvgIpc) is 2.82. The van der Waals surface area contributed by atoms with Gasteiger partial charge in [0.2, 0.25) is 11.6 Å². The molecule has 0 aliphatic heterocycles. The lowest BCUT2D eigenvalue weighted by molar-refractivity contribution is -0.275. The summed E-state index contributed by atoms with van der Waals surface area (Å²) in [6.45, 7) is 1.39. The van der Waals surface area contributed by atoms with E-state index in [1.165, 1.54) is 44.4 Å². The summed E-state index contributed by atoms with van der Waals surface area (Å²) in [4.78, 5) is 28.4. The van der Waals surface area contributed by atoms with Crippen molar-refractivity contribution in [2.75, 3.05) is 19.5 Å². The molecular formula is C23H18F5N3O5. The van der Waals surface area contributed by atoms with E-state index in [4.69, 9.17) is 9.47 Å². The number of rotatable bonds is 7. The van der Waals surface area contributed by atoms with Gasteiger partial charge in [0, 0.05) is 7.05 Å². The Labute approximate surface area is 201 Å². The Bertz CT molecular complexity index is 1300. The van der Waals surface area contributed by atoms with Crippen LogP contribution in [-0.2, 0) is 0 Å². The molecule has 1 aromatic heterocycles. The molecule has 3 rings (SSSR count). The van der Waals surface area contributed by atoms with E-state index >= 15 is 0 Å². The number of ether oxygens (including phenoxy) is 3. The molecule has 0 saturated carbocycles. The van der Waals surface area contributed by atoms with Crippen molar-refractivity contribution in [1.82, 2.24) is 10.3 Å². The zero-order chi connectivity index (χ0) is 26.6. The summed E-state index contributed by atoms with van der Waals surface area (Å²) < 4.78 is 81.0. The molecule has 3 aromatic rings. The summed E-state index contributed by atoms with van der Waals surface area (Å²) in [5.41, 5.74) is -0.304. The van der Waals surface area contributed by atoms with Crippen LogP contribution >= 0.6 is 0 Å². The highest BCUT2D eigenvalue weighted by Crippen LogP contribution is 2.41. The number of methoxy groups -OCH3 is 1. The van der Waals surface area contributed by atoms with Gasteiger partial charge in [-0.2, -0.15) is 4.39 Å². The minimum absolute atomic E-state index is 0.0765. The highest BCUT2D eigenvalue weighted by atomic mass is 19.4. The third-order valence-corrected chi connectivity index (χ3v) is 4.68. The predicted octanol–water partition coefficient (Wildman–Crippen LogP) is 4.98. The van der Waals surface area contributed by atoms with E-state index in [-0.39, 0.29) is 22.7 Å². The first-order valence-electron chi connectivity index (χ1n) is 10.0. The smallest absolute Gasteiger partial charge is 0.490 e. The van der Waals surface area contributed by atoms with Gasteiger partial charge in [0.05, 0.1) is 19.0 Å². The Balaban J connectivity index is 1.95. The maximum absolute atomic E-state index is 15.0. The molecule has 0 fully saturated rings. The first kappa shape index (κ1) is 26.2. The number of carbonyl (C=O) groups excluding carboxylic acids is 2. The van der Waals surface area contributed by atoms with Gasteiger partial charge in [-0.25, -0.2) is 9.37 Å². The first-order chi connectivity index (χ1) is 16.9. The molecular weight excluding hydrogens is 493 g/mol. The molecule has 1 heterocycles. The van der Waals surface area contributed by atoms with Crippen LogP contribution in [0.15, 0.2) is 42.6 Å². The Hall–Kier alpha value is -4.42. The quantitative estimate of drug-likeness (QED) is 0.435. The second kappa shape index (κ2) is 10.5. The zero-order valence-corrected chi connectivity index (χ0v) is 18.9. The average molecular weight is 511 g/mol. The van der Waals surface area contributed by atoms with Gasteiger partial charge < -0.3 is 24.8 Å². The number of nitrogens with zero attached hydrogens (tertiary/aromatic N) is 1. The van der Waals surface area contributed by atoms with E-state index in [1.54, 1.807) is 0 Å². The second-order valence-corrected chi connectivity index (χ2v) is 7.09. The molecule has 0 unspecified atom stereocenters. The number of anilines is 1. The minimum Gasteiger partial charge on any atom is -0.490 e. The highest BCUT2D eigenvalue weighted by molar-refractivity contribution is 6.06. The Kier molecular flexibility index (Phi) is 7.61. The number of benzene rings is 2. The van der Waals surface area contributed by atoms with Gasteiger partial charge >= 0.3 is 6.36 Å². The maximum atomic E-state index is 15.0. The lowest BCUT2D eigenvalue weighted by atomic mass is 10.1. The summed E-state index contributed by atoms with van der Waals surface area (Å²) >= 11 is 0.